The number of rotatable bonds is 6. The van der Waals surface area contributed by atoms with Crippen LogP contribution in [0.4, 0.5) is 17.1 Å². The molecule has 1 atom stereocenters. The average Bonchev–Trinajstić information content (AvgIpc) is 3.41. The Kier molecular flexibility index (Phi) is 4.79. The van der Waals surface area contributed by atoms with Crippen LogP contribution in [0.25, 0.3) is 0 Å². The zero-order chi connectivity index (χ0) is 16.9. The number of hydrogen-bond donors (Lipinski definition) is 3. The van der Waals surface area contributed by atoms with Crippen LogP contribution in [0.1, 0.15) is 19.8 Å². The second-order valence-corrected chi connectivity index (χ2v) is 6.07. The highest BCUT2D eigenvalue weighted by Crippen LogP contribution is 2.30. The van der Waals surface area contributed by atoms with Crippen LogP contribution in [0.3, 0.4) is 0 Å². The van der Waals surface area contributed by atoms with E-state index in [1.165, 1.54) is 0 Å². The summed E-state index contributed by atoms with van der Waals surface area (Å²) >= 11 is 0. The molecule has 5 heteroatoms. The van der Waals surface area contributed by atoms with Crippen molar-refractivity contribution < 1.29 is 9.59 Å². The quantitative estimate of drug-likeness (QED) is 0.762. The lowest BCUT2D eigenvalue weighted by Gasteiger charge is -2.16. The topological polar surface area (TPSA) is 70.2 Å². The summed E-state index contributed by atoms with van der Waals surface area (Å²) in [6.45, 7) is 1.80. The van der Waals surface area contributed by atoms with Crippen molar-refractivity contribution in [3.63, 3.8) is 0 Å². The van der Waals surface area contributed by atoms with Gasteiger partial charge in [0.25, 0.3) is 0 Å². The van der Waals surface area contributed by atoms with Gasteiger partial charge in [-0.1, -0.05) is 24.3 Å². The summed E-state index contributed by atoms with van der Waals surface area (Å²) in [7, 11) is 0. The molecule has 0 heterocycles. The summed E-state index contributed by atoms with van der Waals surface area (Å²) in [5.74, 6) is 0.118. The van der Waals surface area contributed by atoms with Gasteiger partial charge in [-0.15, -0.1) is 0 Å². The summed E-state index contributed by atoms with van der Waals surface area (Å²) in [5, 5.41) is 8.92. The summed E-state index contributed by atoms with van der Waals surface area (Å²) < 4.78 is 0. The van der Waals surface area contributed by atoms with Gasteiger partial charge < -0.3 is 16.0 Å². The molecule has 0 unspecified atom stereocenters. The zero-order valence-electron chi connectivity index (χ0n) is 13.6. The highest BCUT2D eigenvalue weighted by atomic mass is 16.2. The number of benzene rings is 2. The highest BCUT2D eigenvalue weighted by molar-refractivity contribution is 5.97. The van der Waals surface area contributed by atoms with E-state index in [1.54, 1.807) is 6.92 Å². The van der Waals surface area contributed by atoms with Crippen molar-refractivity contribution in [2.45, 2.75) is 25.8 Å². The summed E-state index contributed by atoms with van der Waals surface area (Å²) in [4.78, 5) is 24.1. The molecule has 3 rings (SSSR count). The van der Waals surface area contributed by atoms with E-state index in [9.17, 15) is 9.59 Å². The van der Waals surface area contributed by atoms with Crippen LogP contribution in [-0.2, 0) is 9.59 Å². The van der Waals surface area contributed by atoms with Crippen molar-refractivity contribution in [1.82, 2.24) is 0 Å². The molecule has 0 spiro atoms. The lowest BCUT2D eigenvalue weighted by Crippen LogP contribution is -2.31. The molecule has 0 aliphatic heterocycles. The number of carbonyl (C=O) groups excluding carboxylic acids is 2. The van der Waals surface area contributed by atoms with E-state index in [0.717, 1.165) is 29.9 Å². The Morgan fingerprint density at radius 1 is 0.917 bits per heavy atom. The molecule has 5 nitrogen and oxygen atoms in total. The van der Waals surface area contributed by atoms with E-state index in [1.807, 2.05) is 54.6 Å². The Morgan fingerprint density at radius 3 is 2.29 bits per heavy atom. The first kappa shape index (κ1) is 16.1. The molecule has 3 N–H and O–H groups in total. The Bertz CT molecular complexity index is 726. The van der Waals surface area contributed by atoms with Gasteiger partial charge in [-0.3, -0.25) is 9.59 Å². The van der Waals surface area contributed by atoms with Crippen LogP contribution >= 0.6 is 0 Å². The van der Waals surface area contributed by atoms with Gasteiger partial charge in [0.1, 0.15) is 6.04 Å². The molecular weight excluding hydrogens is 302 g/mol. The number of para-hydroxylation sites is 1. The minimum absolute atomic E-state index is 0.0713. The number of carbonyl (C=O) groups is 2. The normalized spacial score (nSPS) is 14.5. The predicted octanol–water partition coefficient (Wildman–Crippen LogP) is 3.47. The van der Waals surface area contributed by atoms with Crippen molar-refractivity contribution in [1.29, 1.82) is 0 Å². The van der Waals surface area contributed by atoms with Crippen molar-refractivity contribution in [2.75, 3.05) is 16.0 Å². The van der Waals surface area contributed by atoms with E-state index < -0.39 is 6.04 Å². The number of nitrogens with one attached hydrogen (secondary N) is 3. The fraction of sp³-hybridized carbons (Fsp3) is 0.263. The van der Waals surface area contributed by atoms with Gasteiger partial charge in [-0.05, 0) is 50.1 Å². The third-order valence-electron chi connectivity index (χ3n) is 3.90. The highest BCUT2D eigenvalue weighted by Gasteiger charge is 2.29. The van der Waals surface area contributed by atoms with Crippen LogP contribution in [0.5, 0.6) is 0 Å². The molecule has 2 aromatic rings. The maximum absolute atomic E-state index is 12.2. The molecule has 2 amide bonds. The van der Waals surface area contributed by atoms with Crippen LogP contribution in [-0.4, -0.2) is 17.9 Å². The van der Waals surface area contributed by atoms with Crippen molar-refractivity contribution in [3.05, 3.63) is 54.6 Å². The molecule has 0 aromatic heterocycles. The largest absolute Gasteiger partial charge is 0.374 e. The third-order valence-corrected chi connectivity index (χ3v) is 3.90. The van der Waals surface area contributed by atoms with Gasteiger partial charge in [0.2, 0.25) is 11.8 Å². The molecule has 24 heavy (non-hydrogen) atoms. The molecule has 1 aliphatic carbocycles. The smallest absolute Gasteiger partial charge is 0.246 e. The Labute approximate surface area is 141 Å². The van der Waals surface area contributed by atoms with Gasteiger partial charge in [0.05, 0.1) is 0 Å². The molecule has 2 aromatic carbocycles. The van der Waals surface area contributed by atoms with E-state index in [2.05, 4.69) is 16.0 Å². The Hall–Kier alpha value is -2.82. The van der Waals surface area contributed by atoms with E-state index in [0.29, 0.717) is 0 Å². The van der Waals surface area contributed by atoms with Crippen LogP contribution in [0, 0.1) is 5.92 Å². The zero-order valence-corrected chi connectivity index (χ0v) is 13.6. The molecule has 0 radical (unpaired) electrons. The second-order valence-electron chi connectivity index (χ2n) is 6.07. The summed E-state index contributed by atoms with van der Waals surface area (Å²) in [5.41, 5.74) is 2.30. The summed E-state index contributed by atoms with van der Waals surface area (Å²) in [6, 6.07) is 16.4. The maximum atomic E-state index is 12.2. The van der Waals surface area contributed by atoms with E-state index in [4.69, 9.17) is 0 Å². The van der Waals surface area contributed by atoms with Crippen molar-refractivity contribution >= 4 is 28.9 Å². The van der Waals surface area contributed by atoms with Crippen molar-refractivity contribution in [3.8, 4) is 0 Å². The monoisotopic (exact) mass is 323 g/mol. The molecular formula is C19H21N3O2. The fourth-order valence-corrected chi connectivity index (χ4v) is 2.36. The maximum Gasteiger partial charge on any atom is 0.246 e. The van der Waals surface area contributed by atoms with Crippen molar-refractivity contribution in [2.24, 2.45) is 5.92 Å². The van der Waals surface area contributed by atoms with Crippen LogP contribution in [0.2, 0.25) is 0 Å². The Morgan fingerprint density at radius 2 is 1.58 bits per heavy atom. The van der Waals surface area contributed by atoms with Crippen LogP contribution < -0.4 is 16.0 Å². The molecule has 1 fully saturated rings. The van der Waals surface area contributed by atoms with E-state index >= 15 is 0 Å². The summed E-state index contributed by atoms with van der Waals surface area (Å²) in [6.07, 6.45) is 1.95. The lowest BCUT2D eigenvalue weighted by molar-refractivity contribution is -0.117. The van der Waals surface area contributed by atoms with Gasteiger partial charge in [0, 0.05) is 23.0 Å². The second kappa shape index (κ2) is 7.17. The van der Waals surface area contributed by atoms with Gasteiger partial charge in [-0.2, -0.15) is 0 Å². The first-order valence-corrected chi connectivity index (χ1v) is 8.15. The first-order chi connectivity index (χ1) is 11.6. The molecule has 0 saturated heterocycles. The van der Waals surface area contributed by atoms with Gasteiger partial charge >= 0.3 is 0 Å². The minimum atomic E-state index is -0.403. The molecule has 0 bridgehead atoms. The fourth-order valence-electron chi connectivity index (χ4n) is 2.36. The van der Waals surface area contributed by atoms with Crippen LogP contribution in [0.15, 0.2) is 54.6 Å². The lowest BCUT2D eigenvalue weighted by atomic mass is 10.2. The third kappa shape index (κ3) is 4.35. The SMILES string of the molecule is C[C@H](Nc1cccc(NC(=O)C2CC2)c1)C(=O)Nc1ccccc1. The molecule has 124 valence electrons. The standard InChI is InChI=1S/C19H21N3O2/c1-13(18(23)21-15-6-3-2-4-7-15)20-16-8-5-9-17(12-16)22-19(24)14-10-11-14/h2-9,12-14,20H,10-11H2,1H3,(H,21,23)(H,22,24)/t13-/m0/s1. The molecule has 1 aliphatic rings. The number of hydrogen-bond acceptors (Lipinski definition) is 3. The van der Waals surface area contributed by atoms with Gasteiger partial charge in [-0.25, -0.2) is 0 Å². The van der Waals surface area contributed by atoms with Gasteiger partial charge in [0.15, 0.2) is 0 Å². The number of anilines is 3. The minimum Gasteiger partial charge on any atom is -0.374 e. The Balaban J connectivity index is 1.58. The first-order valence-electron chi connectivity index (χ1n) is 8.15. The number of amides is 2. The average molecular weight is 323 g/mol. The predicted molar refractivity (Wildman–Crippen MR) is 96.0 cm³/mol. The molecule has 1 saturated carbocycles. The van der Waals surface area contributed by atoms with E-state index in [-0.39, 0.29) is 17.7 Å².